The van der Waals surface area contributed by atoms with E-state index in [9.17, 15) is 9.59 Å². The van der Waals surface area contributed by atoms with Crippen molar-refractivity contribution in [1.29, 1.82) is 0 Å². The van der Waals surface area contributed by atoms with Gasteiger partial charge in [0.1, 0.15) is 6.54 Å². The Morgan fingerprint density at radius 1 is 0.958 bits per heavy atom. The average molecular weight is 325 g/mol. The molecule has 0 atom stereocenters. The Balaban J connectivity index is 2.00. The van der Waals surface area contributed by atoms with Gasteiger partial charge in [-0.3, -0.25) is 9.59 Å². The van der Waals surface area contributed by atoms with Crippen LogP contribution in [0.3, 0.4) is 0 Å². The summed E-state index contributed by atoms with van der Waals surface area (Å²) in [7, 11) is 1.33. The lowest BCUT2D eigenvalue weighted by atomic mass is 10.1. The molecule has 0 aromatic heterocycles. The van der Waals surface area contributed by atoms with Crippen LogP contribution >= 0.6 is 0 Å². The minimum absolute atomic E-state index is 0.0296. The van der Waals surface area contributed by atoms with Crippen molar-refractivity contribution in [2.45, 2.75) is 26.3 Å². The average Bonchev–Trinajstić information content (AvgIpc) is 2.61. The zero-order chi connectivity index (χ0) is 17.4. The highest BCUT2D eigenvalue weighted by Crippen LogP contribution is 2.10. The molecule has 0 spiro atoms. The van der Waals surface area contributed by atoms with E-state index in [0.717, 1.165) is 11.1 Å². The third-order valence-corrected chi connectivity index (χ3v) is 3.86. The predicted molar refractivity (Wildman–Crippen MR) is 93.4 cm³/mol. The van der Waals surface area contributed by atoms with E-state index in [-0.39, 0.29) is 12.5 Å². The second-order valence-corrected chi connectivity index (χ2v) is 5.80. The molecular weight excluding hydrogens is 302 g/mol. The van der Waals surface area contributed by atoms with E-state index in [0.29, 0.717) is 19.4 Å². The summed E-state index contributed by atoms with van der Waals surface area (Å²) in [5.41, 5.74) is 3.30. The molecule has 126 valence electrons. The van der Waals surface area contributed by atoms with Crippen molar-refractivity contribution in [3.8, 4) is 0 Å². The number of hydrogen-bond donors (Lipinski definition) is 0. The highest BCUT2D eigenvalue weighted by Gasteiger charge is 2.17. The van der Waals surface area contributed by atoms with Gasteiger partial charge in [0.15, 0.2) is 0 Å². The summed E-state index contributed by atoms with van der Waals surface area (Å²) in [6.45, 7) is 2.41. The number of carbonyl (C=O) groups is 2. The predicted octanol–water partition coefficient (Wildman–Crippen LogP) is 3.13. The number of amides is 1. The Kier molecular flexibility index (Phi) is 6.55. The molecule has 0 heterocycles. The lowest BCUT2D eigenvalue weighted by Gasteiger charge is -2.21. The maximum absolute atomic E-state index is 12.6. The molecule has 0 saturated heterocycles. The molecule has 4 heteroatoms. The second-order valence-electron chi connectivity index (χ2n) is 5.80. The topological polar surface area (TPSA) is 46.6 Å². The molecule has 0 N–H and O–H groups in total. The first-order valence-corrected chi connectivity index (χ1v) is 8.02. The largest absolute Gasteiger partial charge is 0.468 e. The normalized spacial score (nSPS) is 10.2. The van der Waals surface area contributed by atoms with Gasteiger partial charge in [-0.05, 0) is 24.5 Å². The lowest BCUT2D eigenvalue weighted by molar-refractivity contribution is -0.147. The van der Waals surface area contributed by atoms with Gasteiger partial charge in [0.25, 0.3) is 0 Å². The summed E-state index contributed by atoms with van der Waals surface area (Å²) in [5.74, 6) is -0.459. The number of hydrogen-bond acceptors (Lipinski definition) is 3. The standard InChI is InChI=1S/C20H23NO3/c1-16-8-10-17(11-9-16)12-13-19(22)21(15-20(23)24-2)14-18-6-4-3-5-7-18/h3-11H,12-15H2,1-2H3. The molecule has 0 fully saturated rings. The van der Waals surface area contributed by atoms with Crippen LogP contribution in [0.1, 0.15) is 23.1 Å². The third kappa shape index (κ3) is 5.54. The van der Waals surface area contributed by atoms with Gasteiger partial charge in [0.05, 0.1) is 7.11 Å². The lowest BCUT2D eigenvalue weighted by Crippen LogP contribution is -2.35. The van der Waals surface area contributed by atoms with Crippen LogP contribution in [0.4, 0.5) is 0 Å². The van der Waals surface area contributed by atoms with Crippen LogP contribution in [0, 0.1) is 6.92 Å². The molecule has 2 rings (SSSR count). The van der Waals surface area contributed by atoms with Gasteiger partial charge in [-0.2, -0.15) is 0 Å². The first kappa shape index (κ1) is 17.7. The quantitative estimate of drug-likeness (QED) is 0.735. The monoisotopic (exact) mass is 325 g/mol. The Morgan fingerprint density at radius 2 is 1.62 bits per heavy atom. The number of rotatable bonds is 7. The van der Waals surface area contributed by atoms with Gasteiger partial charge < -0.3 is 9.64 Å². The van der Waals surface area contributed by atoms with Crippen LogP contribution < -0.4 is 0 Å². The first-order chi connectivity index (χ1) is 11.6. The molecule has 0 aliphatic carbocycles. The van der Waals surface area contributed by atoms with Crippen molar-refractivity contribution in [3.63, 3.8) is 0 Å². The van der Waals surface area contributed by atoms with Crippen molar-refractivity contribution in [2.75, 3.05) is 13.7 Å². The molecule has 4 nitrogen and oxygen atoms in total. The molecule has 0 aliphatic rings. The van der Waals surface area contributed by atoms with E-state index in [2.05, 4.69) is 0 Å². The number of aryl methyl sites for hydroxylation is 2. The SMILES string of the molecule is COC(=O)CN(Cc1ccccc1)C(=O)CCc1ccc(C)cc1. The zero-order valence-corrected chi connectivity index (χ0v) is 14.2. The van der Waals surface area contributed by atoms with Gasteiger partial charge in [-0.15, -0.1) is 0 Å². The van der Waals surface area contributed by atoms with Crippen LogP contribution in [0.25, 0.3) is 0 Å². The summed E-state index contributed by atoms with van der Waals surface area (Å²) < 4.78 is 4.71. The van der Waals surface area contributed by atoms with E-state index in [1.165, 1.54) is 12.7 Å². The Morgan fingerprint density at radius 3 is 2.25 bits per heavy atom. The third-order valence-electron chi connectivity index (χ3n) is 3.86. The highest BCUT2D eigenvalue weighted by atomic mass is 16.5. The summed E-state index contributed by atoms with van der Waals surface area (Å²) >= 11 is 0. The highest BCUT2D eigenvalue weighted by molar-refractivity contribution is 5.82. The summed E-state index contributed by atoms with van der Waals surface area (Å²) in [6.07, 6.45) is 1.03. The number of nitrogens with zero attached hydrogens (tertiary/aromatic N) is 1. The smallest absolute Gasteiger partial charge is 0.325 e. The molecule has 1 amide bonds. The second kappa shape index (κ2) is 8.87. The minimum atomic E-state index is -0.408. The fourth-order valence-electron chi connectivity index (χ4n) is 2.42. The van der Waals surface area contributed by atoms with Crippen LogP contribution in [-0.2, 0) is 27.3 Å². The fraction of sp³-hybridized carbons (Fsp3) is 0.300. The fourth-order valence-corrected chi connectivity index (χ4v) is 2.42. The molecule has 24 heavy (non-hydrogen) atoms. The van der Waals surface area contributed by atoms with E-state index in [1.54, 1.807) is 4.90 Å². The number of carbonyl (C=O) groups excluding carboxylic acids is 2. The molecule has 0 unspecified atom stereocenters. The van der Waals surface area contributed by atoms with E-state index in [4.69, 9.17) is 4.74 Å². The van der Waals surface area contributed by atoms with Crippen molar-refractivity contribution >= 4 is 11.9 Å². The molecule has 2 aromatic carbocycles. The van der Waals surface area contributed by atoms with Crippen LogP contribution in [0.2, 0.25) is 0 Å². The maximum atomic E-state index is 12.6. The molecule has 0 radical (unpaired) electrons. The zero-order valence-electron chi connectivity index (χ0n) is 14.2. The van der Waals surface area contributed by atoms with E-state index >= 15 is 0 Å². The number of methoxy groups -OCH3 is 1. The van der Waals surface area contributed by atoms with Gasteiger partial charge in [0.2, 0.25) is 5.91 Å². The molecule has 0 bridgehead atoms. The maximum Gasteiger partial charge on any atom is 0.325 e. The molecular formula is C20H23NO3. The Labute approximate surface area is 143 Å². The van der Waals surface area contributed by atoms with Crippen LogP contribution in [0.5, 0.6) is 0 Å². The van der Waals surface area contributed by atoms with Crippen molar-refractivity contribution in [1.82, 2.24) is 4.90 Å². The Bertz CT molecular complexity index is 665. The molecule has 0 aliphatic heterocycles. The van der Waals surface area contributed by atoms with Gasteiger partial charge in [0, 0.05) is 13.0 Å². The van der Waals surface area contributed by atoms with Gasteiger partial charge >= 0.3 is 5.97 Å². The number of esters is 1. The van der Waals surface area contributed by atoms with Crippen LogP contribution in [-0.4, -0.2) is 30.4 Å². The number of benzene rings is 2. The summed E-state index contributed by atoms with van der Waals surface area (Å²) in [6, 6.07) is 17.8. The summed E-state index contributed by atoms with van der Waals surface area (Å²) in [5, 5.41) is 0. The van der Waals surface area contributed by atoms with E-state index < -0.39 is 5.97 Å². The summed E-state index contributed by atoms with van der Waals surface area (Å²) in [4.78, 5) is 25.7. The number of ether oxygens (including phenoxy) is 1. The van der Waals surface area contributed by atoms with Crippen LogP contribution in [0.15, 0.2) is 54.6 Å². The van der Waals surface area contributed by atoms with Gasteiger partial charge in [-0.1, -0.05) is 60.2 Å². The molecule has 2 aromatic rings. The van der Waals surface area contributed by atoms with E-state index in [1.807, 2.05) is 61.5 Å². The Hall–Kier alpha value is -2.62. The molecule has 0 saturated carbocycles. The van der Waals surface area contributed by atoms with Crippen molar-refractivity contribution in [2.24, 2.45) is 0 Å². The van der Waals surface area contributed by atoms with Crippen molar-refractivity contribution in [3.05, 3.63) is 71.3 Å². The minimum Gasteiger partial charge on any atom is -0.468 e. The first-order valence-electron chi connectivity index (χ1n) is 8.02. The van der Waals surface area contributed by atoms with Crippen molar-refractivity contribution < 1.29 is 14.3 Å². The van der Waals surface area contributed by atoms with Gasteiger partial charge in [-0.25, -0.2) is 0 Å².